The first-order valence-electron chi connectivity index (χ1n) is 10.4. The maximum absolute atomic E-state index is 12.3. The molecule has 2 fully saturated rings. The molecule has 2 bridgehead atoms. The van der Waals surface area contributed by atoms with Gasteiger partial charge in [0, 0.05) is 12.5 Å². The highest BCUT2D eigenvalue weighted by Gasteiger charge is 2.47. The van der Waals surface area contributed by atoms with Gasteiger partial charge in [0.25, 0.3) is 0 Å². The monoisotopic (exact) mass is 385 g/mol. The van der Waals surface area contributed by atoms with Crippen molar-refractivity contribution >= 4 is 12.1 Å². The molecular weight excluding hydrogens is 354 g/mol. The molecule has 3 rings (SSSR count). The van der Waals surface area contributed by atoms with Gasteiger partial charge in [-0.25, -0.2) is 4.79 Å². The van der Waals surface area contributed by atoms with Crippen molar-refractivity contribution in [3.63, 3.8) is 0 Å². The van der Waals surface area contributed by atoms with Crippen LogP contribution in [0.4, 0.5) is 4.79 Å². The number of amides is 1. The van der Waals surface area contributed by atoms with Crippen LogP contribution in [0.1, 0.15) is 50.5 Å². The highest BCUT2D eigenvalue weighted by Crippen LogP contribution is 2.49. The molecule has 0 radical (unpaired) electrons. The number of fused-ring (bicyclic) bond motifs is 2. The first-order valence-corrected chi connectivity index (χ1v) is 10.4. The van der Waals surface area contributed by atoms with Gasteiger partial charge in [-0.3, -0.25) is 4.79 Å². The molecule has 0 aliphatic heterocycles. The molecule has 1 N–H and O–H groups in total. The summed E-state index contributed by atoms with van der Waals surface area (Å²) >= 11 is 0. The predicted octanol–water partition coefficient (Wildman–Crippen LogP) is 4.62. The third-order valence-electron chi connectivity index (χ3n) is 6.14. The zero-order valence-electron chi connectivity index (χ0n) is 16.6. The quantitative estimate of drug-likeness (QED) is 0.383. The van der Waals surface area contributed by atoms with Crippen LogP contribution < -0.4 is 5.32 Å². The summed E-state index contributed by atoms with van der Waals surface area (Å²) < 4.78 is 10.1. The topological polar surface area (TPSA) is 64.6 Å². The minimum Gasteiger partial charge on any atom is -0.469 e. The molecule has 28 heavy (non-hydrogen) atoms. The molecule has 4 atom stereocenters. The highest BCUT2D eigenvalue weighted by molar-refractivity contribution is 5.69. The van der Waals surface area contributed by atoms with Crippen LogP contribution in [0.5, 0.6) is 0 Å². The van der Waals surface area contributed by atoms with E-state index in [-0.39, 0.29) is 18.1 Å². The molecule has 0 spiro atoms. The number of hydrogen-bond acceptors (Lipinski definition) is 4. The molecule has 2 aliphatic rings. The Bertz CT molecular complexity index is 672. The number of unbranched alkanes of at least 4 members (excludes halogenated alkanes) is 1. The van der Waals surface area contributed by atoms with Gasteiger partial charge < -0.3 is 14.8 Å². The number of ether oxygens (including phenoxy) is 2. The molecule has 1 amide bonds. The van der Waals surface area contributed by atoms with E-state index in [0.29, 0.717) is 30.8 Å². The van der Waals surface area contributed by atoms with Crippen molar-refractivity contribution in [3.05, 3.63) is 48.0 Å². The molecule has 5 heteroatoms. The second kappa shape index (κ2) is 10.3. The van der Waals surface area contributed by atoms with Gasteiger partial charge in [-0.2, -0.15) is 0 Å². The van der Waals surface area contributed by atoms with Crippen LogP contribution in [-0.2, 0) is 20.9 Å². The fraction of sp³-hybridized carbons (Fsp3) is 0.565. The molecule has 2 aliphatic carbocycles. The third-order valence-corrected chi connectivity index (χ3v) is 6.14. The van der Waals surface area contributed by atoms with E-state index >= 15 is 0 Å². The second-order valence-corrected chi connectivity index (χ2v) is 7.90. The summed E-state index contributed by atoms with van der Waals surface area (Å²) in [6.45, 7) is 0.304. The first-order chi connectivity index (χ1) is 13.7. The summed E-state index contributed by atoms with van der Waals surface area (Å²) in [4.78, 5) is 23.4. The number of esters is 1. The molecule has 0 saturated heterocycles. The number of carbonyl (C=O) groups excluding carboxylic acids is 2. The van der Waals surface area contributed by atoms with Crippen molar-refractivity contribution in [1.29, 1.82) is 0 Å². The third kappa shape index (κ3) is 5.60. The molecule has 0 heterocycles. The maximum Gasteiger partial charge on any atom is 0.407 e. The molecular formula is C23H31NO4. The van der Waals surface area contributed by atoms with E-state index in [1.165, 1.54) is 26.4 Å². The summed E-state index contributed by atoms with van der Waals surface area (Å²) in [6.07, 6.45) is 10.9. The second-order valence-electron chi connectivity index (χ2n) is 7.90. The number of nitrogens with one attached hydrogen (secondary N) is 1. The lowest BCUT2D eigenvalue weighted by Gasteiger charge is -2.30. The Balaban J connectivity index is 1.43. The molecule has 1 aromatic carbocycles. The van der Waals surface area contributed by atoms with Crippen LogP contribution >= 0.6 is 0 Å². The summed E-state index contributed by atoms with van der Waals surface area (Å²) in [6, 6.07) is 9.96. The van der Waals surface area contributed by atoms with E-state index in [9.17, 15) is 9.59 Å². The maximum atomic E-state index is 12.3. The Morgan fingerprint density at radius 2 is 1.93 bits per heavy atom. The van der Waals surface area contributed by atoms with Crippen LogP contribution in [0.15, 0.2) is 42.5 Å². The lowest BCUT2D eigenvalue weighted by atomic mass is 9.82. The van der Waals surface area contributed by atoms with Crippen LogP contribution in [0.3, 0.4) is 0 Å². The zero-order valence-corrected chi connectivity index (χ0v) is 16.6. The van der Waals surface area contributed by atoms with Gasteiger partial charge in [0.15, 0.2) is 0 Å². The lowest BCUT2D eigenvalue weighted by Crippen LogP contribution is -2.44. The Labute approximate surface area is 167 Å². The average Bonchev–Trinajstić information content (AvgIpc) is 3.32. The van der Waals surface area contributed by atoms with Gasteiger partial charge in [0.2, 0.25) is 0 Å². The van der Waals surface area contributed by atoms with E-state index in [1.54, 1.807) is 0 Å². The zero-order chi connectivity index (χ0) is 19.8. The number of rotatable bonds is 9. The van der Waals surface area contributed by atoms with Crippen LogP contribution in [0, 0.1) is 17.8 Å². The summed E-state index contributed by atoms with van der Waals surface area (Å²) in [7, 11) is 1.42. The number of hydrogen-bond donors (Lipinski definition) is 1. The van der Waals surface area contributed by atoms with E-state index in [0.717, 1.165) is 24.8 Å². The molecule has 5 nitrogen and oxygen atoms in total. The summed E-state index contributed by atoms with van der Waals surface area (Å²) in [5.74, 6) is 1.61. The van der Waals surface area contributed by atoms with Crippen LogP contribution in [0.25, 0.3) is 0 Å². The van der Waals surface area contributed by atoms with E-state index < -0.39 is 0 Å². The largest absolute Gasteiger partial charge is 0.469 e. The normalized spacial score (nSPS) is 25.8. The van der Waals surface area contributed by atoms with Gasteiger partial charge in [-0.05, 0) is 61.8 Å². The summed E-state index contributed by atoms with van der Waals surface area (Å²) in [5.41, 5.74) is 0.997. The standard InChI is InChI=1S/C23H31NO4/c1-27-21(25)12-8-3-2-7-11-20-18-13-14-19(15-18)22(20)24-23(26)28-16-17-9-5-4-6-10-17/h2,4-7,9-10,18-20,22H,3,8,11-16H2,1H3,(H,24,26)/t18-,19+,20?,22?/m0/s1. The SMILES string of the molecule is COC(=O)CCCC=CCC1C(NC(=O)OCc2ccccc2)[C@@H]2CC[C@H]1C2. The fourth-order valence-corrected chi connectivity index (χ4v) is 4.71. The van der Waals surface area contributed by atoms with Gasteiger partial charge in [-0.15, -0.1) is 0 Å². The molecule has 0 aromatic heterocycles. The minimum absolute atomic E-state index is 0.153. The Morgan fingerprint density at radius 3 is 2.71 bits per heavy atom. The average molecular weight is 386 g/mol. The van der Waals surface area contributed by atoms with Crippen LogP contribution in [0.2, 0.25) is 0 Å². The van der Waals surface area contributed by atoms with Gasteiger partial charge in [0.1, 0.15) is 6.61 Å². The lowest BCUT2D eigenvalue weighted by molar-refractivity contribution is -0.140. The Kier molecular flexibility index (Phi) is 7.52. The van der Waals surface area contributed by atoms with Crippen molar-refractivity contribution in [2.45, 2.75) is 57.6 Å². The Morgan fingerprint density at radius 1 is 1.14 bits per heavy atom. The van der Waals surface area contributed by atoms with E-state index in [1.807, 2.05) is 30.3 Å². The van der Waals surface area contributed by atoms with Gasteiger partial charge in [-0.1, -0.05) is 42.5 Å². The fourth-order valence-electron chi connectivity index (χ4n) is 4.71. The van der Waals surface area contributed by atoms with Gasteiger partial charge >= 0.3 is 12.1 Å². The van der Waals surface area contributed by atoms with Gasteiger partial charge in [0.05, 0.1) is 7.11 Å². The number of benzene rings is 1. The van der Waals surface area contributed by atoms with Crippen LogP contribution in [-0.4, -0.2) is 25.2 Å². The minimum atomic E-state index is -0.312. The van der Waals surface area contributed by atoms with Crippen molar-refractivity contribution in [1.82, 2.24) is 5.32 Å². The smallest absolute Gasteiger partial charge is 0.407 e. The first kappa shape index (κ1) is 20.4. The molecule has 152 valence electrons. The number of alkyl carbamates (subject to hydrolysis) is 1. The Hall–Kier alpha value is -2.30. The van der Waals surface area contributed by atoms with Crippen molar-refractivity contribution in [2.75, 3.05) is 7.11 Å². The molecule has 2 saturated carbocycles. The van der Waals surface area contributed by atoms with E-state index in [4.69, 9.17) is 4.74 Å². The summed E-state index contributed by atoms with van der Waals surface area (Å²) in [5, 5.41) is 3.15. The van der Waals surface area contributed by atoms with Crippen molar-refractivity contribution in [3.8, 4) is 0 Å². The number of methoxy groups -OCH3 is 1. The number of carbonyl (C=O) groups is 2. The highest BCUT2D eigenvalue weighted by atomic mass is 16.5. The van der Waals surface area contributed by atoms with Crippen molar-refractivity contribution < 1.29 is 19.1 Å². The van der Waals surface area contributed by atoms with E-state index in [2.05, 4.69) is 22.2 Å². The van der Waals surface area contributed by atoms with Crippen molar-refractivity contribution in [2.24, 2.45) is 17.8 Å². The molecule has 2 unspecified atom stereocenters. The predicted molar refractivity (Wildman–Crippen MR) is 107 cm³/mol. The number of allylic oxidation sites excluding steroid dienone is 2. The molecule has 1 aromatic rings.